The number of halogens is 1. The van der Waals surface area contributed by atoms with Crippen molar-refractivity contribution in [1.82, 2.24) is 9.21 Å². The first-order valence-electron chi connectivity index (χ1n) is 9.56. The Morgan fingerprint density at radius 1 is 0.964 bits per heavy atom. The smallest absolute Gasteiger partial charge is 0.307 e. The third-order valence-corrected chi connectivity index (χ3v) is 8.40. The summed E-state index contributed by atoms with van der Waals surface area (Å²) in [6, 6.07) is 4.67. The van der Waals surface area contributed by atoms with Gasteiger partial charge in [0.15, 0.2) is 0 Å². The molecule has 1 N–H and O–H groups in total. The summed E-state index contributed by atoms with van der Waals surface area (Å²) in [5, 5.41) is 9.56. The van der Waals surface area contributed by atoms with Crippen molar-refractivity contribution in [2.24, 2.45) is 23.7 Å². The van der Waals surface area contributed by atoms with Crippen molar-refractivity contribution in [2.45, 2.75) is 24.2 Å². The summed E-state index contributed by atoms with van der Waals surface area (Å²) in [4.78, 5) is 26.3. The Bertz CT molecular complexity index is 880. The summed E-state index contributed by atoms with van der Waals surface area (Å²) in [5.41, 5.74) is 0. The second-order valence-electron chi connectivity index (χ2n) is 7.91. The van der Waals surface area contributed by atoms with Crippen LogP contribution in [0.1, 0.15) is 19.3 Å². The van der Waals surface area contributed by atoms with E-state index in [-0.39, 0.29) is 48.8 Å². The molecule has 1 heterocycles. The van der Waals surface area contributed by atoms with Crippen LogP contribution in [0.3, 0.4) is 0 Å². The topological polar surface area (TPSA) is 95.0 Å². The van der Waals surface area contributed by atoms with Crippen LogP contribution in [0.2, 0.25) is 0 Å². The number of sulfonamides is 1. The quantitative estimate of drug-likeness (QED) is 0.810. The molecular formula is C19H23FN2O5S. The predicted molar refractivity (Wildman–Crippen MR) is 97.2 cm³/mol. The molecule has 1 aromatic carbocycles. The number of nitrogens with zero attached hydrogens (tertiary/aromatic N) is 2. The first-order valence-corrected chi connectivity index (χ1v) is 11.0. The van der Waals surface area contributed by atoms with Crippen molar-refractivity contribution >= 4 is 21.9 Å². The lowest BCUT2D eigenvalue weighted by Crippen LogP contribution is -2.53. The van der Waals surface area contributed by atoms with E-state index >= 15 is 0 Å². The molecule has 4 atom stereocenters. The number of hydrogen-bond donors (Lipinski definition) is 1. The Morgan fingerprint density at radius 2 is 1.54 bits per heavy atom. The second-order valence-corrected chi connectivity index (χ2v) is 9.84. The fourth-order valence-corrected chi connectivity index (χ4v) is 6.54. The van der Waals surface area contributed by atoms with Crippen molar-refractivity contribution in [3.63, 3.8) is 0 Å². The van der Waals surface area contributed by atoms with E-state index < -0.39 is 33.6 Å². The maximum Gasteiger partial charge on any atom is 0.307 e. The summed E-state index contributed by atoms with van der Waals surface area (Å²) >= 11 is 0. The molecule has 2 bridgehead atoms. The number of carbonyl (C=O) groups excluding carboxylic acids is 1. The highest BCUT2D eigenvalue weighted by atomic mass is 32.2. The molecule has 1 amide bonds. The number of carboxylic acids is 1. The minimum Gasteiger partial charge on any atom is -0.481 e. The van der Waals surface area contributed by atoms with Gasteiger partial charge in [-0.05, 0) is 55.4 Å². The first-order chi connectivity index (χ1) is 13.3. The van der Waals surface area contributed by atoms with Crippen LogP contribution in [0.5, 0.6) is 0 Å². The lowest BCUT2D eigenvalue weighted by atomic mass is 9.78. The SMILES string of the molecule is O=C(O)C1C2CCC(C2)C1C(=O)N1CCN(S(=O)(=O)c2ccc(F)cc2)CC1. The monoisotopic (exact) mass is 410 g/mol. The average molecular weight is 410 g/mol. The minimum atomic E-state index is -3.74. The Kier molecular flexibility index (Phi) is 4.91. The molecule has 0 radical (unpaired) electrons. The van der Waals surface area contributed by atoms with Gasteiger partial charge in [0, 0.05) is 26.2 Å². The molecule has 0 spiro atoms. The van der Waals surface area contributed by atoms with Gasteiger partial charge >= 0.3 is 5.97 Å². The summed E-state index contributed by atoms with van der Waals surface area (Å²) in [6.07, 6.45) is 2.56. The maximum absolute atomic E-state index is 13.1. The average Bonchev–Trinajstić information content (AvgIpc) is 3.29. The van der Waals surface area contributed by atoms with Gasteiger partial charge in [0.2, 0.25) is 15.9 Å². The third kappa shape index (κ3) is 3.20. The Hall–Kier alpha value is -2.00. The van der Waals surface area contributed by atoms with Crippen molar-refractivity contribution in [3.05, 3.63) is 30.1 Å². The minimum absolute atomic E-state index is 0.0210. The fourth-order valence-electron chi connectivity index (χ4n) is 5.12. The molecule has 0 aromatic heterocycles. The van der Waals surface area contributed by atoms with Crippen LogP contribution >= 0.6 is 0 Å². The molecule has 152 valence electrons. The van der Waals surface area contributed by atoms with Crippen molar-refractivity contribution in [1.29, 1.82) is 0 Å². The molecule has 3 aliphatic rings. The van der Waals surface area contributed by atoms with E-state index in [9.17, 15) is 27.5 Å². The van der Waals surface area contributed by atoms with Gasteiger partial charge in [-0.2, -0.15) is 4.31 Å². The van der Waals surface area contributed by atoms with Crippen LogP contribution in [0, 0.1) is 29.5 Å². The molecule has 7 nitrogen and oxygen atoms in total. The number of amides is 1. The Labute approximate surface area is 163 Å². The number of rotatable bonds is 4. The number of carbonyl (C=O) groups is 2. The number of piperazine rings is 1. The molecule has 1 aromatic rings. The van der Waals surface area contributed by atoms with Crippen molar-refractivity contribution in [2.75, 3.05) is 26.2 Å². The number of hydrogen-bond acceptors (Lipinski definition) is 4. The summed E-state index contributed by atoms with van der Waals surface area (Å²) < 4.78 is 39.8. The molecular weight excluding hydrogens is 387 g/mol. The van der Waals surface area contributed by atoms with E-state index in [0.717, 1.165) is 31.4 Å². The number of benzene rings is 1. The van der Waals surface area contributed by atoms with E-state index in [1.165, 1.54) is 16.4 Å². The van der Waals surface area contributed by atoms with Gasteiger partial charge in [-0.3, -0.25) is 9.59 Å². The fraction of sp³-hybridized carbons (Fsp3) is 0.579. The second kappa shape index (κ2) is 7.11. The van der Waals surface area contributed by atoms with E-state index in [1.54, 1.807) is 4.90 Å². The summed E-state index contributed by atoms with van der Waals surface area (Å²) in [6.45, 7) is 0.757. The van der Waals surface area contributed by atoms with Gasteiger partial charge in [-0.15, -0.1) is 0 Å². The Morgan fingerprint density at radius 3 is 2.11 bits per heavy atom. The van der Waals surface area contributed by atoms with Gasteiger partial charge in [0.05, 0.1) is 16.7 Å². The number of carboxylic acid groups (broad SMARTS) is 1. The highest BCUT2D eigenvalue weighted by Crippen LogP contribution is 2.53. The van der Waals surface area contributed by atoms with Crippen LogP contribution in [0.4, 0.5) is 4.39 Å². The Balaban J connectivity index is 1.43. The largest absolute Gasteiger partial charge is 0.481 e. The molecule has 9 heteroatoms. The highest BCUT2D eigenvalue weighted by Gasteiger charge is 2.55. The predicted octanol–water partition coefficient (Wildman–Crippen LogP) is 1.41. The van der Waals surface area contributed by atoms with Crippen LogP contribution in [0.25, 0.3) is 0 Å². The molecule has 28 heavy (non-hydrogen) atoms. The van der Waals surface area contributed by atoms with Gasteiger partial charge < -0.3 is 10.0 Å². The van der Waals surface area contributed by atoms with Crippen molar-refractivity contribution in [3.8, 4) is 0 Å². The zero-order valence-corrected chi connectivity index (χ0v) is 16.1. The standard InChI is InChI=1S/C19H23FN2O5S/c20-14-3-5-15(6-4-14)28(26,27)22-9-7-21(8-10-22)18(23)16-12-1-2-13(11-12)17(16)19(24)25/h3-6,12-13,16-17H,1-2,7-11H2,(H,24,25). The molecule has 4 rings (SSSR count). The van der Waals surface area contributed by atoms with E-state index in [4.69, 9.17) is 0 Å². The zero-order chi connectivity index (χ0) is 20.1. The lowest BCUT2D eigenvalue weighted by Gasteiger charge is -2.37. The van der Waals surface area contributed by atoms with Crippen LogP contribution in [-0.4, -0.2) is 60.8 Å². The van der Waals surface area contributed by atoms with Crippen LogP contribution in [-0.2, 0) is 19.6 Å². The number of fused-ring (bicyclic) bond motifs is 2. The first kappa shape index (κ1) is 19.3. The summed E-state index contributed by atoms with van der Waals surface area (Å²) in [7, 11) is -3.74. The van der Waals surface area contributed by atoms with Gasteiger partial charge in [0.25, 0.3) is 0 Å². The molecule has 1 aliphatic heterocycles. The third-order valence-electron chi connectivity index (χ3n) is 6.49. The van der Waals surface area contributed by atoms with Gasteiger partial charge in [-0.25, -0.2) is 12.8 Å². The summed E-state index contributed by atoms with van der Waals surface area (Å²) in [5.74, 6) is -2.46. The van der Waals surface area contributed by atoms with Crippen LogP contribution in [0.15, 0.2) is 29.2 Å². The molecule has 2 saturated carbocycles. The van der Waals surface area contributed by atoms with Gasteiger partial charge in [0.1, 0.15) is 5.82 Å². The van der Waals surface area contributed by atoms with E-state index in [1.807, 2.05) is 0 Å². The molecule has 1 saturated heterocycles. The van der Waals surface area contributed by atoms with E-state index in [2.05, 4.69) is 0 Å². The normalized spacial score (nSPS) is 30.5. The zero-order valence-electron chi connectivity index (χ0n) is 15.3. The molecule has 4 unspecified atom stereocenters. The molecule has 3 fully saturated rings. The lowest BCUT2D eigenvalue weighted by molar-refractivity contribution is -0.153. The van der Waals surface area contributed by atoms with E-state index in [0.29, 0.717) is 0 Å². The van der Waals surface area contributed by atoms with Crippen LogP contribution < -0.4 is 0 Å². The maximum atomic E-state index is 13.1. The van der Waals surface area contributed by atoms with Gasteiger partial charge in [-0.1, -0.05) is 0 Å². The number of aliphatic carboxylic acids is 1. The highest BCUT2D eigenvalue weighted by molar-refractivity contribution is 7.89. The van der Waals surface area contributed by atoms with Crippen molar-refractivity contribution < 1.29 is 27.5 Å². The molecule has 2 aliphatic carbocycles.